The second-order valence-corrected chi connectivity index (χ2v) is 5.04. The summed E-state index contributed by atoms with van der Waals surface area (Å²) in [5, 5.41) is 10.4. The second kappa shape index (κ2) is 5.52. The van der Waals surface area contributed by atoms with Gasteiger partial charge >= 0.3 is 5.97 Å². The van der Waals surface area contributed by atoms with Gasteiger partial charge in [0.15, 0.2) is 0 Å². The van der Waals surface area contributed by atoms with E-state index in [9.17, 15) is 9.90 Å². The fourth-order valence-corrected chi connectivity index (χ4v) is 2.59. The van der Waals surface area contributed by atoms with Crippen molar-refractivity contribution in [3.05, 3.63) is 18.1 Å². The van der Waals surface area contributed by atoms with Crippen molar-refractivity contribution in [1.29, 1.82) is 0 Å². The summed E-state index contributed by atoms with van der Waals surface area (Å²) in [7, 11) is 3.13. The molecule has 1 fully saturated rings. The summed E-state index contributed by atoms with van der Waals surface area (Å²) >= 11 is 0. The molecule has 1 aromatic rings. The zero-order valence-corrected chi connectivity index (χ0v) is 11.3. The van der Waals surface area contributed by atoms with Gasteiger partial charge < -0.3 is 14.7 Å². The van der Waals surface area contributed by atoms with Crippen molar-refractivity contribution in [3.8, 4) is 0 Å². The first-order valence-electron chi connectivity index (χ1n) is 6.37. The molecule has 0 spiro atoms. The molecule has 0 atom stereocenters. The molecule has 104 valence electrons. The third-order valence-electron chi connectivity index (χ3n) is 3.52. The van der Waals surface area contributed by atoms with Gasteiger partial charge in [-0.15, -0.1) is 0 Å². The number of hydrogen-bond acceptors (Lipinski definition) is 6. The van der Waals surface area contributed by atoms with Crippen LogP contribution < -0.4 is 4.90 Å². The van der Waals surface area contributed by atoms with Crippen LogP contribution in [-0.2, 0) is 4.74 Å². The number of likely N-dealkylation sites (N-methyl/N-ethyl adjacent to an activating group) is 1. The summed E-state index contributed by atoms with van der Waals surface area (Å²) < 4.78 is 4.71. The van der Waals surface area contributed by atoms with Gasteiger partial charge in [-0.05, 0) is 12.8 Å². The van der Waals surface area contributed by atoms with Crippen LogP contribution in [0.2, 0.25) is 0 Å². The SMILES string of the molecule is COC(=O)c1cncnc1N(C)CC1(O)CCCC1. The summed E-state index contributed by atoms with van der Waals surface area (Å²) in [6.07, 6.45) is 6.47. The Balaban J connectivity index is 2.19. The monoisotopic (exact) mass is 265 g/mol. The van der Waals surface area contributed by atoms with Gasteiger partial charge in [0.2, 0.25) is 0 Å². The molecule has 6 heteroatoms. The molecule has 1 aliphatic rings. The van der Waals surface area contributed by atoms with Gasteiger partial charge in [-0.1, -0.05) is 12.8 Å². The molecule has 1 aliphatic carbocycles. The van der Waals surface area contributed by atoms with E-state index in [4.69, 9.17) is 4.74 Å². The van der Waals surface area contributed by atoms with Crippen LogP contribution in [0.25, 0.3) is 0 Å². The van der Waals surface area contributed by atoms with Crippen LogP contribution in [0.15, 0.2) is 12.5 Å². The Morgan fingerprint density at radius 2 is 2.21 bits per heavy atom. The highest BCUT2D eigenvalue weighted by molar-refractivity contribution is 5.94. The van der Waals surface area contributed by atoms with E-state index in [2.05, 4.69) is 9.97 Å². The van der Waals surface area contributed by atoms with Crippen molar-refractivity contribution in [3.63, 3.8) is 0 Å². The molecule has 1 saturated carbocycles. The van der Waals surface area contributed by atoms with Gasteiger partial charge in [-0.2, -0.15) is 0 Å². The van der Waals surface area contributed by atoms with Gasteiger partial charge in [0.05, 0.1) is 12.7 Å². The number of methoxy groups -OCH3 is 1. The molecule has 0 aromatic carbocycles. The van der Waals surface area contributed by atoms with Gasteiger partial charge in [0.25, 0.3) is 0 Å². The number of hydrogen-bond donors (Lipinski definition) is 1. The zero-order chi connectivity index (χ0) is 13.9. The van der Waals surface area contributed by atoms with E-state index in [0.717, 1.165) is 25.7 Å². The Hall–Kier alpha value is -1.69. The smallest absolute Gasteiger partial charge is 0.343 e. The zero-order valence-electron chi connectivity index (χ0n) is 11.3. The minimum atomic E-state index is -0.687. The highest BCUT2D eigenvalue weighted by Gasteiger charge is 2.33. The Morgan fingerprint density at radius 1 is 1.53 bits per heavy atom. The fourth-order valence-electron chi connectivity index (χ4n) is 2.59. The predicted octanol–water partition coefficient (Wildman–Crippen LogP) is 1.00. The van der Waals surface area contributed by atoms with Crippen molar-refractivity contribution in [1.82, 2.24) is 9.97 Å². The molecule has 0 unspecified atom stereocenters. The van der Waals surface area contributed by atoms with Gasteiger partial charge in [-0.25, -0.2) is 14.8 Å². The molecule has 2 rings (SSSR count). The van der Waals surface area contributed by atoms with Crippen molar-refractivity contribution >= 4 is 11.8 Å². The van der Waals surface area contributed by atoms with E-state index < -0.39 is 11.6 Å². The van der Waals surface area contributed by atoms with Crippen molar-refractivity contribution in [2.24, 2.45) is 0 Å². The van der Waals surface area contributed by atoms with E-state index >= 15 is 0 Å². The molecule has 1 aromatic heterocycles. The van der Waals surface area contributed by atoms with E-state index in [1.165, 1.54) is 19.6 Å². The quantitative estimate of drug-likeness (QED) is 0.819. The number of aliphatic hydroxyl groups is 1. The highest BCUT2D eigenvalue weighted by Crippen LogP contribution is 2.31. The average Bonchev–Trinajstić information content (AvgIpc) is 2.84. The second-order valence-electron chi connectivity index (χ2n) is 5.04. The number of aromatic nitrogens is 2. The van der Waals surface area contributed by atoms with Gasteiger partial charge in [-0.3, -0.25) is 0 Å². The molecule has 19 heavy (non-hydrogen) atoms. The van der Waals surface area contributed by atoms with Crippen LogP contribution in [0.3, 0.4) is 0 Å². The highest BCUT2D eigenvalue weighted by atomic mass is 16.5. The molecule has 6 nitrogen and oxygen atoms in total. The van der Waals surface area contributed by atoms with Crippen LogP contribution in [0.5, 0.6) is 0 Å². The number of anilines is 1. The molecule has 0 radical (unpaired) electrons. The van der Waals surface area contributed by atoms with Crippen LogP contribution in [0.4, 0.5) is 5.82 Å². The normalized spacial score (nSPS) is 17.2. The summed E-state index contributed by atoms with van der Waals surface area (Å²) in [5.41, 5.74) is -0.373. The number of rotatable bonds is 4. The number of nitrogens with zero attached hydrogens (tertiary/aromatic N) is 3. The first kappa shape index (κ1) is 13.7. The Kier molecular flexibility index (Phi) is 3.99. The Morgan fingerprint density at radius 3 is 2.84 bits per heavy atom. The van der Waals surface area contributed by atoms with Crippen molar-refractivity contribution in [2.45, 2.75) is 31.3 Å². The topological polar surface area (TPSA) is 75.5 Å². The van der Waals surface area contributed by atoms with Crippen molar-refractivity contribution in [2.75, 3.05) is 25.6 Å². The lowest BCUT2D eigenvalue weighted by Crippen LogP contribution is -2.40. The summed E-state index contributed by atoms with van der Waals surface area (Å²) in [6.45, 7) is 0.452. The lowest BCUT2D eigenvalue weighted by molar-refractivity contribution is 0.0546. The van der Waals surface area contributed by atoms with Gasteiger partial charge in [0.1, 0.15) is 17.7 Å². The Bertz CT molecular complexity index is 458. The molecular weight excluding hydrogens is 246 g/mol. The Labute approximate surface area is 112 Å². The maximum Gasteiger partial charge on any atom is 0.343 e. The van der Waals surface area contributed by atoms with E-state index in [1.807, 2.05) is 7.05 Å². The summed E-state index contributed by atoms with van der Waals surface area (Å²) in [5.74, 6) is 0.0167. The van der Waals surface area contributed by atoms with Crippen LogP contribution >= 0.6 is 0 Å². The molecule has 0 saturated heterocycles. The maximum atomic E-state index is 11.7. The molecule has 1 N–H and O–H groups in total. The van der Waals surface area contributed by atoms with Gasteiger partial charge in [0, 0.05) is 19.8 Å². The largest absolute Gasteiger partial charge is 0.465 e. The van der Waals surface area contributed by atoms with Crippen LogP contribution in [-0.4, -0.2) is 47.3 Å². The number of carbonyl (C=O) groups is 1. The number of esters is 1. The third-order valence-corrected chi connectivity index (χ3v) is 3.52. The minimum Gasteiger partial charge on any atom is -0.465 e. The molecular formula is C13H19N3O3. The van der Waals surface area contributed by atoms with E-state index in [-0.39, 0.29) is 0 Å². The van der Waals surface area contributed by atoms with E-state index in [0.29, 0.717) is 17.9 Å². The first-order chi connectivity index (χ1) is 9.06. The minimum absolute atomic E-state index is 0.314. The number of ether oxygens (including phenoxy) is 1. The van der Waals surface area contributed by atoms with Crippen LogP contribution in [0, 0.1) is 0 Å². The van der Waals surface area contributed by atoms with E-state index in [1.54, 1.807) is 4.90 Å². The number of carbonyl (C=O) groups excluding carboxylic acids is 1. The standard InChI is InChI=1S/C13H19N3O3/c1-16(8-13(18)5-3-4-6-13)11-10(12(17)19-2)7-14-9-15-11/h7,9,18H,3-6,8H2,1-2H3. The average molecular weight is 265 g/mol. The molecule has 0 bridgehead atoms. The summed E-state index contributed by atoms with van der Waals surface area (Å²) in [6, 6.07) is 0. The van der Waals surface area contributed by atoms with Crippen molar-refractivity contribution < 1.29 is 14.6 Å². The maximum absolute atomic E-state index is 11.7. The molecule has 0 aliphatic heterocycles. The fraction of sp³-hybridized carbons (Fsp3) is 0.615. The summed E-state index contributed by atoms with van der Waals surface area (Å²) in [4.78, 5) is 21.4. The molecule has 0 amide bonds. The first-order valence-corrected chi connectivity index (χ1v) is 6.37. The molecule has 1 heterocycles. The predicted molar refractivity (Wildman–Crippen MR) is 70.1 cm³/mol. The lowest BCUT2D eigenvalue weighted by Gasteiger charge is -2.29. The lowest BCUT2D eigenvalue weighted by atomic mass is 10.0. The van der Waals surface area contributed by atoms with Crippen LogP contribution in [0.1, 0.15) is 36.0 Å². The third kappa shape index (κ3) is 3.01.